The fourth-order valence-electron chi connectivity index (χ4n) is 2.97. The van der Waals surface area contributed by atoms with Gasteiger partial charge < -0.3 is 15.0 Å². The molecule has 0 aromatic heterocycles. The van der Waals surface area contributed by atoms with Gasteiger partial charge in [0.05, 0.1) is 11.5 Å². The second-order valence-corrected chi connectivity index (χ2v) is 7.98. The molecule has 1 aromatic rings. The highest BCUT2D eigenvalue weighted by molar-refractivity contribution is 7.89. The average molecular weight is 369 g/mol. The summed E-state index contributed by atoms with van der Waals surface area (Å²) in [6.45, 7) is 2.85. The molecule has 0 bridgehead atoms. The number of amides is 1. The van der Waals surface area contributed by atoms with Gasteiger partial charge in [-0.25, -0.2) is 13.1 Å². The van der Waals surface area contributed by atoms with Crippen LogP contribution in [0.25, 0.3) is 0 Å². The molecule has 0 saturated carbocycles. The topological polar surface area (TPSA) is 87.7 Å². The number of hydrogen-bond acceptors (Lipinski definition) is 5. The Kier molecular flexibility index (Phi) is 7.37. The van der Waals surface area contributed by atoms with E-state index in [0.29, 0.717) is 31.2 Å². The molecular weight excluding hydrogens is 342 g/mol. The maximum Gasteiger partial charge on any atom is 0.253 e. The minimum absolute atomic E-state index is 0.0968. The highest BCUT2D eigenvalue weighted by Gasteiger charge is 2.24. The van der Waals surface area contributed by atoms with Crippen LogP contribution in [0.3, 0.4) is 0 Å². The third-order valence-corrected chi connectivity index (χ3v) is 5.84. The summed E-state index contributed by atoms with van der Waals surface area (Å²) in [4.78, 5) is 14.6. The zero-order chi connectivity index (χ0) is 18.3. The number of hydrogen-bond donors (Lipinski definition) is 2. The Morgan fingerprint density at radius 1 is 1.32 bits per heavy atom. The number of methoxy groups -OCH3 is 1. The second kappa shape index (κ2) is 9.28. The van der Waals surface area contributed by atoms with Crippen LogP contribution in [0.15, 0.2) is 29.2 Å². The molecule has 1 saturated heterocycles. The van der Waals surface area contributed by atoms with Gasteiger partial charge in [0.15, 0.2) is 0 Å². The molecular formula is C17H27N3O4S. The van der Waals surface area contributed by atoms with E-state index >= 15 is 0 Å². The predicted octanol–water partition coefficient (Wildman–Crippen LogP) is 0.683. The van der Waals surface area contributed by atoms with Gasteiger partial charge in [-0.05, 0) is 50.6 Å². The number of sulfonamides is 1. The van der Waals surface area contributed by atoms with Crippen LogP contribution in [-0.4, -0.2) is 66.2 Å². The second-order valence-electron chi connectivity index (χ2n) is 6.21. The van der Waals surface area contributed by atoms with Gasteiger partial charge in [0.1, 0.15) is 0 Å². The molecule has 25 heavy (non-hydrogen) atoms. The Hall–Kier alpha value is -1.48. The van der Waals surface area contributed by atoms with Crippen molar-refractivity contribution in [3.8, 4) is 0 Å². The lowest BCUT2D eigenvalue weighted by atomic mass is 9.96. The van der Waals surface area contributed by atoms with E-state index in [2.05, 4.69) is 10.0 Å². The first kappa shape index (κ1) is 19.8. The van der Waals surface area contributed by atoms with Crippen molar-refractivity contribution in [1.82, 2.24) is 14.9 Å². The van der Waals surface area contributed by atoms with Crippen molar-refractivity contribution < 1.29 is 17.9 Å². The van der Waals surface area contributed by atoms with Crippen LogP contribution >= 0.6 is 0 Å². The monoisotopic (exact) mass is 369 g/mol. The normalized spacial score (nSPS) is 16.2. The molecule has 0 aliphatic carbocycles. The number of likely N-dealkylation sites (tertiary alicyclic amines) is 1. The third-order valence-electron chi connectivity index (χ3n) is 4.38. The van der Waals surface area contributed by atoms with Crippen LogP contribution in [-0.2, 0) is 14.8 Å². The summed E-state index contributed by atoms with van der Waals surface area (Å²) in [5.41, 5.74) is 0.404. The summed E-state index contributed by atoms with van der Waals surface area (Å²) in [7, 11) is -0.202. The minimum atomic E-state index is -3.64. The van der Waals surface area contributed by atoms with Gasteiger partial charge in [-0.15, -0.1) is 0 Å². The van der Waals surface area contributed by atoms with Crippen LogP contribution in [0, 0.1) is 5.92 Å². The number of nitrogens with one attached hydrogen (secondary N) is 2. The zero-order valence-electron chi connectivity index (χ0n) is 14.8. The van der Waals surface area contributed by atoms with E-state index in [1.165, 1.54) is 19.2 Å². The first-order chi connectivity index (χ1) is 12.0. The quantitative estimate of drug-likeness (QED) is 0.658. The van der Waals surface area contributed by atoms with E-state index in [-0.39, 0.29) is 17.3 Å². The third kappa shape index (κ3) is 5.50. The molecule has 1 aliphatic heterocycles. The molecule has 0 radical (unpaired) electrons. The SMILES string of the molecule is CNCC1CCN(C(=O)c2cccc(S(=O)(=O)NCCOC)c2)CC1. The number of piperidine rings is 1. The highest BCUT2D eigenvalue weighted by atomic mass is 32.2. The summed E-state index contributed by atoms with van der Waals surface area (Å²) in [5.74, 6) is 0.475. The molecule has 1 heterocycles. The fourth-order valence-corrected chi connectivity index (χ4v) is 4.03. The number of rotatable bonds is 8. The highest BCUT2D eigenvalue weighted by Crippen LogP contribution is 2.19. The van der Waals surface area contributed by atoms with Crippen LogP contribution in [0.5, 0.6) is 0 Å². The van der Waals surface area contributed by atoms with Crippen LogP contribution in [0.1, 0.15) is 23.2 Å². The van der Waals surface area contributed by atoms with Gasteiger partial charge in [-0.1, -0.05) is 6.07 Å². The molecule has 2 rings (SSSR count). The Morgan fingerprint density at radius 3 is 2.68 bits per heavy atom. The number of nitrogens with zero attached hydrogens (tertiary/aromatic N) is 1. The molecule has 0 unspecified atom stereocenters. The van der Waals surface area contributed by atoms with Crippen LogP contribution in [0.4, 0.5) is 0 Å². The van der Waals surface area contributed by atoms with E-state index in [9.17, 15) is 13.2 Å². The van der Waals surface area contributed by atoms with E-state index in [0.717, 1.165) is 19.4 Å². The smallest absolute Gasteiger partial charge is 0.253 e. The molecule has 1 aliphatic rings. The molecule has 0 spiro atoms. The number of benzene rings is 1. The van der Waals surface area contributed by atoms with Crippen LogP contribution < -0.4 is 10.0 Å². The van der Waals surface area contributed by atoms with Crippen molar-refractivity contribution in [2.75, 3.05) is 46.9 Å². The van der Waals surface area contributed by atoms with Gasteiger partial charge in [-0.2, -0.15) is 0 Å². The van der Waals surface area contributed by atoms with Gasteiger partial charge in [-0.3, -0.25) is 4.79 Å². The van der Waals surface area contributed by atoms with Crippen LogP contribution in [0.2, 0.25) is 0 Å². The summed E-state index contributed by atoms with van der Waals surface area (Å²) in [6, 6.07) is 6.20. The lowest BCUT2D eigenvalue weighted by molar-refractivity contribution is 0.0690. The lowest BCUT2D eigenvalue weighted by Gasteiger charge is -2.32. The molecule has 0 atom stereocenters. The summed E-state index contributed by atoms with van der Waals surface area (Å²) >= 11 is 0. The summed E-state index contributed by atoms with van der Waals surface area (Å²) in [5, 5.41) is 3.17. The Bertz CT molecular complexity index is 670. The van der Waals surface area contributed by atoms with Gasteiger partial charge in [0, 0.05) is 32.3 Å². The van der Waals surface area contributed by atoms with Crippen molar-refractivity contribution in [3.05, 3.63) is 29.8 Å². The number of carbonyl (C=O) groups is 1. The van der Waals surface area contributed by atoms with E-state index in [1.807, 2.05) is 7.05 Å². The van der Waals surface area contributed by atoms with Crippen molar-refractivity contribution in [1.29, 1.82) is 0 Å². The summed E-state index contributed by atoms with van der Waals surface area (Å²) < 4.78 is 31.9. The maximum atomic E-state index is 12.7. The molecule has 2 N–H and O–H groups in total. The minimum Gasteiger partial charge on any atom is -0.383 e. The van der Waals surface area contributed by atoms with Crippen molar-refractivity contribution in [2.24, 2.45) is 5.92 Å². The lowest BCUT2D eigenvalue weighted by Crippen LogP contribution is -2.40. The fraction of sp³-hybridized carbons (Fsp3) is 0.588. The predicted molar refractivity (Wildman–Crippen MR) is 96.1 cm³/mol. The molecule has 1 fully saturated rings. The van der Waals surface area contributed by atoms with Gasteiger partial charge in [0.2, 0.25) is 10.0 Å². The first-order valence-electron chi connectivity index (χ1n) is 8.50. The van der Waals surface area contributed by atoms with E-state index in [4.69, 9.17) is 4.74 Å². The standard InChI is InChI=1S/C17H27N3O4S/c1-18-13-14-6-9-20(10-7-14)17(21)15-4-3-5-16(12-15)25(22,23)19-8-11-24-2/h3-5,12,14,18-19H,6-11,13H2,1-2H3. The largest absolute Gasteiger partial charge is 0.383 e. The average Bonchev–Trinajstić information content (AvgIpc) is 2.62. The maximum absolute atomic E-state index is 12.7. The molecule has 7 nitrogen and oxygen atoms in total. The molecule has 1 amide bonds. The molecule has 1 aromatic carbocycles. The Labute approximate surface area is 149 Å². The van der Waals surface area contributed by atoms with E-state index in [1.54, 1.807) is 17.0 Å². The first-order valence-corrected chi connectivity index (χ1v) is 9.99. The number of ether oxygens (including phenoxy) is 1. The summed E-state index contributed by atoms with van der Waals surface area (Å²) in [6.07, 6.45) is 1.92. The van der Waals surface area contributed by atoms with Crippen molar-refractivity contribution >= 4 is 15.9 Å². The number of carbonyl (C=O) groups excluding carboxylic acids is 1. The zero-order valence-corrected chi connectivity index (χ0v) is 15.6. The van der Waals surface area contributed by atoms with Crippen molar-refractivity contribution in [3.63, 3.8) is 0 Å². The van der Waals surface area contributed by atoms with E-state index < -0.39 is 10.0 Å². The van der Waals surface area contributed by atoms with Gasteiger partial charge in [0.25, 0.3) is 5.91 Å². The van der Waals surface area contributed by atoms with Crippen molar-refractivity contribution in [2.45, 2.75) is 17.7 Å². The Morgan fingerprint density at radius 2 is 2.04 bits per heavy atom. The Balaban J connectivity index is 2.04. The van der Waals surface area contributed by atoms with Gasteiger partial charge >= 0.3 is 0 Å². The molecule has 140 valence electrons. The molecule has 8 heteroatoms.